The van der Waals surface area contributed by atoms with Crippen molar-refractivity contribution in [2.45, 2.75) is 58.7 Å². The van der Waals surface area contributed by atoms with E-state index in [1.807, 2.05) is 50.0 Å². The van der Waals surface area contributed by atoms with Gasteiger partial charge in [-0.15, -0.1) is 0 Å². The molecule has 3 rings (SSSR count). The number of carbonyl (C=O) groups is 1. The summed E-state index contributed by atoms with van der Waals surface area (Å²) in [5.74, 6) is -0.0537. The summed E-state index contributed by atoms with van der Waals surface area (Å²) >= 11 is 0. The van der Waals surface area contributed by atoms with Crippen LogP contribution in [0.25, 0.3) is 0 Å². The minimum Gasteiger partial charge on any atom is -0.388 e. The highest BCUT2D eigenvalue weighted by atomic mass is 16.5. The smallest absolute Gasteiger partial charge is 0.253 e. The van der Waals surface area contributed by atoms with Gasteiger partial charge in [0.25, 0.3) is 5.91 Å². The summed E-state index contributed by atoms with van der Waals surface area (Å²) < 4.78 is 7.18. The first-order valence-corrected chi connectivity index (χ1v) is 11.3. The molecule has 1 aromatic carbocycles. The normalized spacial score (nSPS) is 16.9. The van der Waals surface area contributed by atoms with E-state index in [1.54, 1.807) is 12.0 Å². The number of ether oxygens (including phenoxy) is 1. The number of hydrogen-bond acceptors (Lipinski definition) is 5. The minimum absolute atomic E-state index is 0.0537. The summed E-state index contributed by atoms with van der Waals surface area (Å²) in [6.07, 6.45) is 5.31. The molecule has 170 valence electrons. The van der Waals surface area contributed by atoms with Gasteiger partial charge in [0.05, 0.1) is 18.4 Å². The molecule has 0 bridgehead atoms. The van der Waals surface area contributed by atoms with E-state index in [0.29, 0.717) is 25.1 Å². The lowest BCUT2D eigenvalue weighted by Crippen LogP contribution is -2.30. The van der Waals surface area contributed by atoms with Crippen LogP contribution >= 0.6 is 0 Å². The van der Waals surface area contributed by atoms with E-state index in [1.165, 1.54) is 0 Å². The first-order valence-electron chi connectivity index (χ1n) is 11.3. The molecule has 0 fully saturated rings. The van der Waals surface area contributed by atoms with Crippen LogP contribution in [-0.2, 0) is 17.8 Å². The first-order chi connectivity index (χ1) is 14.9. The van der Waals surface area contributed by atoms with Gasteiger partial charge in [0.15, 0.2) is 0 Å². The molecule has 7 nitrogen and oxygen atoms in total. The number of carbonyl (C=O) groups excluding carboxylic acids is 1. The summed E-state index contributed by atoms with van der Waals surface area (Å²) in [6.45, 7) is 7.65. The summed E-state index contributed by atoms with van der Waals surface area (Å²) in [7, 11) is 3.52. The van der Waals surface area contributed by atoms with E-state index in [0.717, 1.165) is 61.4 Å². The summed E-state index contributed by atoms with van der Waals surface area (Å²) in [5.41, 5.74) is 4.44. The maximum Gasteiger partial charge on any atom is 0.253 e. The molecule has 0 spiro atoms. The van der Waals surface area contributed by atoms with Crippen LogP contribution in [0.5, 0.6) is 0 Å². The van der Waals surface area contributed by atoms with Crippen LogP contribution in [0.4, 0.5) is 5.69 Å². The third-order valence-corrected chi connectivity index (χ3v) is 6.07. The third-order valence-electron chi connectivity index (χ3n) is 6.07. The van der Waals surface area contributed by atoms with Crippen molar-refractivity contribution in [1.29, 1.82) is 0 Å². The van der Waals surface area contributed by atoms with Crippen molar-refractivity contribution in [3.8, 4) is 0 Å². The van der Waals surface area contributed by atoms with E-state index in [9.17, 15) is 9.90 Å². The van der Waals surface area contributed by atoms with Crippen molar-refractivity contribution in [2.24, 2.45) is 0 Å². The van der Waals surface area contributed by atoms with Crippen LogP contribution < -0.4 is 4.90 Å². The Hall–Kier alpha value is -2.38. The molecule has 1 amide bonds. The number of fused-ring (bicyclic) bond motifs is 1. The number of hydrogen-bond donors (Lipinski definition) is 1. The zero-order valence-corrected chi connectivity index (χ0v) is 19.3. The van der Waals surface area contributed by atoms with Crippen LogP contribution in [0.3, 0.4) is 0 Å². The molecule has 1 N–H and O–H groups in total. The van der Waals surface area contributed by atoms with Crippen LogP contribution in [0, 0.1) is 6.92 Å². The molecule has 7 heteroatoms. The van der Waals surface area contributed by atoms with Crippen molar-refractivity contribution >= 4 is 11.6 Å². The van der Waals surface area contributed by atoms with Gasteiger partial charge in [-0.2, -0.15) is 5.10 Å². The predicted molar refractivity (Wildman–Crippen MR) is 122 cm³/mol. The Labute approximate surface area is 185 Å². The second-order valence-corrected chi connectivity index (χ2v) is 8.38. The quantitative estimate of drug-likeness (QED) is 0.730. The molecular formula is C24H36N4O3. The number of anilines is 1. The number of aliphatic hydroxyl groups is 1. The molecule has 0 aliphatic carbocycles. The fourth-order valence-electron chi connectivity index (χ4n) is 4.19. The van der Waals surface area contributed by atoms with Gasteiger partial charge in [-0.3, -0.25) is 9.48 Å². The van der Waals surface area contributed by atoms with E-state index >= 15 is 0 Å². The molecule has 1 aromatic heterocycles. The number of benzene rings is 1. The van der Waals surface area contributed by atoms with Crippen molar-refractivity contribution in [2.75, 3.05) is 38.8 Å². The Morgan fingerprint density at radius 2 is 2.13 bits per heavy atom. The van der Waals surface area contributed by atoms with Crippen LogP contribution in [0.2, 0.25) is 0 Å². The van der Waals surface area contributed by atoms with Gasteiger partial charge in [0.2, 0.25) is 0 Å². The SMILES string of the molecule is CCn1cc(CN(C)C(=O)c2ccc3c(c2)C(O)CCCCCN3CCOC)c(C)n1. The van der Waals surface area contributed by atoms with Gasteiger partial charge in [-0.25, -0.2) is 0 Å². The van der Waals surface area contributed by atoms with E-state index < -0.39 is 6.10 Å². The van der Waals surface area contributed by atoms with E-state index in [4.69, 9.17) is 4.74 Å². The standard InChI is InChI=1S/C24H36N4O3/c1-5-28-17-20(18(2)25-28)16-26(3)24(30)19-10-11-22-21(15-19)23(29)9-7-6-8-12-27(22)13-14-31-4/h10-11,15,17,23,29H,5-9,12-14,16H2,1-4H3. The predicted octanol–water partition coefficient (Wildman–Crippen LogP) is 3.54. The fourth-order valence-corrected chi connectivity index (χ4v) is 4.19. The lowest BCUT2D eigenvalue weighted by Gasteiger charge is -2.28. The average molecular weight is 429 g/mol. The monoisotopic (exact) mass is 428 g/mol. The molecule has 31 heavy (non-hydrogen) atoms. The van der Waals surface area contributed by atoms with Gasteiger partial charge in [0, 0.05) is 68.9 Å². The molecule has 2 aromatic rings. The second kappa shape index (κ2) is 10.8. The van der Waals surface area contributed by atoms with Crippen molar-refractivity contribution in [3.05, 3.63) is 46.8 Å². The van der Waals surface area contributed by atoms with E-state index in [-0.39, 0.29) is 5.91 Å². The van der Waals surface area contributed by atoms with Crippen LogP contribution in [0.1, 0.15) is 65.9 Å². The van der Waals surface area contributed by atoms with Gasteiger partial charge in [-0.05, 0) is 44.9 Å². The zero-order chi connectivity index (χ0) is 22.4. The number of aryl methyl sites for hydroxylation is 2. The van der Waals surface area contributed by atoms with Crippen molar-refractivity contribution < 1.29 is 14.6 Å². The lowest BCUT2D eigenvalue weighted by atomic mass is 9.99. The Morgan fingerprint density at radius 1 is 1.32 bits per heavy atom. The molecule has 1 aliphatic heterocycles. The fraction of sp³-hybridized carbons (Fsp3) is 0.583. The lowest BCUT2D eigenvalue weighted by molar-refractivity contribution is 0.0784. The number of rotatable bonds is 7. The summed E-state index contributed by atoms with van der Waals surface area (Å²) in [6, 6.07) is 5.75. The Morgan fingerprint density at radius 3 is 2.84 bits per heavy atom. The topological polar surface area (TPSA) is 70.8 Å². The number of aliphatic hydroxyl groups excluding tert-OH is 1. The summed E-state index contributed by atoms with van der Waals surface area (Å²) in [5, 5.41) is 15.4. The number of methoxy groups -OCH3 is 1. The third kappa shape index (κ3) is 5.66. The van der Waals surface area contributed by atoms with Gasteiger partial charge < -0.3 is 19.6 Å². The average Bonchev–Trinajstić information content (AvgIpc) is 3.16. The molecule has 0 radical (unpaired) electrons. The number of nitrogens with zero attached hydrogens (tertiary/aromatic N) is 4. The zero-order valence-electron chi connectivity index (χ0n) is 19.3. The Kier molecular flexibility index (Phi) is 8.09. The van der Waals surface area contributed by atoms with Gasteiger partial charge in [-0.1, -0.05) is 12.8 Å². The van der Waals surface area contributed by atoms with Crippen molar-refractivity contribution in [3.63, 3.8) is 0 Å². The largest absolute Gasteiger partial charge is 0.388 e. The Balaban J connectivity index is 1.85. The van der Waals surface area contributed by atoms with Crippen molar-refractivity contribution in [1.82, 2.24) is 14.7 Å². The highest BCUT2D eigenvalue weighted by molar-refractivity contribution is 5.94. The molecule has 0 saturated carbocycles. The number of amides is 1. The Bertz CT molecular complexity index is 880. The summed E-state index contributed by atoms with van der Waals surface area (Å²) in [4.78, 5) is 17.2. The molecule has 1 unspecified atom stereocenters. The van der Waals surface area contributed by atoms with Gasteiger partial charge in [0.1, 0.15) is 0 Å². The molecule has 1 aliphatic rings. The molecule has 1 atom stereocenters. The maximum atomic E-state index is 13.2. The second-order valence-electron chi connectivity index (χ2n) is 8.38. The first kappa shape index (κ1) is 23.3. The van der Waals surface area contributed by atoms with Crippen LogP contribution in [-0.4, -0.2) is 59.5 Å². The highest BCUT2D eigenvalue weighted by Crippen LogP contribution is 2.33. The van der Waals surface area contributed by atoms with E-state index in [2.05, 4.69) is 10.00 Å². The molecule has 0 saturated heterocycles. The van der Waals surface area contributed by atoms with Crippen LogP contribution in [0.15, 0.2) is 24.4 Å². The maximum absolute atomic E-state index is 13.2. The van der Waals surface area contributed by atoms with Gasteiger partial charge >= 0.3 is 0 Å². The minimum atomic E-state index is -0.568. The molecular weight excluding hydrogens is 392 g/mol. The highest BCUT2D eigenvalue weighted by Gasteiger charge is 2.22. The number of aromatic nitrogens is 2. The molecule has 2 heterocycles.